The molecule has 1 unspecified atom stereocenters. The van der Waals surface area contributed by atoms with Crippen molar-refractivity contribution in [3.05, 3.63) is 130 Å². The Bertz CT molecular complexity index is 1780. The number of fused-ring (bicyclic) bond motifs is 1. The summed E-state index contributed by atoms with van der Waals surface area (Å²) in [6.07, 6.45) is 3.74. The average Bonchev–Trinajstić information content (AvgIpc) is 3.28. The van der Waals surface area contributed by atoms with Crippen LogP contribution in [0.25, 0.3) is 6.08 Å². The highest BCUT2D eigenvalue weighted by Crippen LogP contribution is 2.32. The standard InChI is InChI=1S/C32H28Cl2N2O4S/c1-3-4-16-39-24-13-11-23(12-14-24)29-28(31(38)40-19-21-8-6-5-7-9-21)20(2)35-32-36(29)30(37)27(41-32)18-22-10-15-25(33)26(34)17-22/h5-15,17-18,29H,3-4,16,19H2,1-2H3/b27-18-. The molecule has 0 radical (unpaired) electrons. The average molecular weight is 608 g/mol. The fourth-order valence-electron chi connectivity index (χ4n) is 4.53. The van der Waals surface area contributed by atoms with Gasteiger partial charge in [0.1, 0.15) is 12.4 Å². The van der Waals surface area contributed by atoms with E-state index in [-0.39, 0.29) is 12.2 Å². The van der Waals surface area contributed by atoms with Crippen LogP contribution < -0.4 is 19.6 Å². The molecule has 6 nitrogen and oxygen atoms in total. The fourth-order valence-corrected chi connectivity index (χ4v) is 5.89. The van der Waals surface area contributed by atoms with E-state index < -0.39 is 12.0 Å². The molecule has 2 heterocycles. The van der Waals surface area contributed by atoms with E-state index in [0.29, 0.717) is 37.3 Å². The molecule has 0 spiro atoms. The van der Waals surface area contributed by atoms with E-state index in [4.69, 9.17) is 32.7 Å². The molecule has 0 saturated heterocycles. The molecule has 3 aromatic carbocycles. The van der Waals surface area contributed by atoms with Crippen LogP contribution in [0.1, 0.15) is 49.4 Å². The van der Waals surface area contributed by atoms with Gasteiger partial charge in [-0.05, 0) is 60.4 Å². The summed E-state index contributed by atoms with van der Waals surface area (Å²) in [5.74, 6) is 0.199. The molecule has 0 bridgehead atoms. The third-order valence-electron chi connectivity index (χ3n) is 6.66. The lowest BCUT2D eigenvalue weighted by molar-refractivity contribution is -0.140. The second kappa shape index (κ2) is 12.9. The molecule has 5 rings (SSSR count). The van der Waals surface area contributed by atoms with Crippen molar-refractivity contribution >= 4 is 46.6 Å². The van der Waals surface area contributed by atoms with E-state index in [1.807, 2.05) is 54.6 Å². The van der Waals surface area contributed by atoms with Crippen LogP contribution in [0.4, 0.5) is 0 Å². The number of nitrogens with zero attached hydrogens (tertiary/aromatic N) is 2. The molecular weight excluding hydrogens is 579 g/mol. The lowest BCUT2D eigenvalue weighted by atomic mass is 9.96. The smallest absolute Gasteiger partial charge is 0.338 e. The van der Waals surface area contributed by atoms with Crippen LogP contribution in [-0.2, 0) is 16.1 Å². The van der Waals surface area contributed by atoms with Crippen molar-refractivity contribution < 1.29 is 14.3 Å². The number of carbonyl (C=O) groups is 1. The maximum atomic E-state index is 13.9. The van der Waals surface area contributed by atoms with Gasteiger partial charge < -0.3 is 9.47 Å². The van der Waals surface area contributed by atoms with Crippen molar-refractivity contribution in [1.82, 2.24) is 4.57 Å². The summed E-state index contributed by atoms with van der Waals surface area (Å²) in [6, 6.07) is 21.4. The number of benzene rings is 3. The number of rotatable bonds is 9. The number of esters is 1. The Balaban J connectivity index is 1.57. The minimum Gasteiger partial charge on any atom is -0.494 e. The predicted molar refractivity (Wildman–Crippen MR) is 163 cm³/mol. The Morgan fingerprint density at radius 2 is 1.80 bits per heavy atom. The Morgan fingerprint density at radius 1 is 1.05 bits per heavy atom. The van der Waals surface area contributed by atoms with Crippen molar-refractivity contribution in [2.24, 2.45) is 4.99 Å². The molecule has 0 amide bonds. The van der Waals surface area contributed by atoms with E-state index in [1.54, 1.807) is 35.8 Å². The summed E-state index contributed by atoms with van der Waals surface area (Å²) in [5.41, 5.74) is 2.88. The summed E-state index contributed by atoms with van der Waals surface area (Å²) in [4.78, 5) is 32.6. The predicted octanol–water partition coefficient (Wildman–Crippen LogP) is 6.46. The first-order valence-corrected chi connectivity index (χ1v) is 14.8. The van der Waals surface area contributed by atoms with Gasteiger partial charge in [0.05, 0.1) is 38.5 Å². The van der Waals surface area contributed by atoms with Gasteiger partial charge in [-0.1, -0.05) is 96.4 Å². The van der Waals surface area contributed by atoms with Gasteiger partial charge in [0.25, 0.3) is 5.56 Å². The van der Waals surface area contributed by atoms with Crippen LogP contribution in [0.5, 0.6) is 5.75 Å². The number of aromatic nitrogens is 1. The molecule has 210 valence electrons. The first kappa shape index (κ1) is 28.9. The van der Waals surface area contributed by atoms with Crippen LogP contribution in [-0.4, -0.2) is 17.1 Å². The van der Waals surface area contributed by atoms with E-state index in [9.17, 15) is 9.59 Å². The van der Waals surface area contributed by atoms with Gasteiger partial charge in [0, 0.05) is 0 Å². The Hall–Kier alpha value is -3.65. The largest absolute Gasteiger partial charge is 0.494 e. The van der Waals surface area contributed by atoms with Crippen LogP contribution in [0.2, 0.25) is 10.0 Å². The highest BCUT2D eigenvalue weighted by atomic mass is 35.5. The fraction of sp³-hybridized carbons (Fsp3) is 0.219. The molecule has 41 heavy (non-hydrogen) atoms. The van der Waals surface area contributed by atoms with E-state index in [1.165, 1.54) is 11.3 Å². The molecule has 9 heteroatoms. The van der Waals surface area contributed by atoms with Gasteiger partial charge in [-0.3, -0.25) is 9.36 Å². The van der Waals surface area contributed by atoms with E-state index >= 15 is 0 Å². The summed E-state index contributed by atoms with van der Waals surface area (Å²) < 4.78 is 13.6. The second-order valence-electron chi connectivity index (χ2n) is 9.59. The molecule has 0 aliphatic carbocycles. The number of thiazole rings is 1. The van der Waals surface area contributed by atoms with Gasteiger partial charge in [-0.25, -0.2) is 9.79 Å². The molecule has 1 aliphatic heterocycles. The highest BCUT2D eigenvalue weighted by molar-refractivity contribution is 7.07. The van der Waals surface area contributed by atoms with Gasteiger partial charge >= 0.3 is 5.97 Å². The quantitative estimate of drug-likeness (QED) is 0.162. The lowest BCUT2D eigenvalue weighted by Crippen LogP contribution is -2.39. The molecule has 1 aliphatic rings. The molecule has 0 N–H and O–H groups in total. The zero-order chi connectivity index (χ0) is 28.9. The Labute approximate surface area is 251 Å². The molecule has 0 fully saturated rings. The van der Waals surface area contributed by atoms with Gasteiger partial charge in [-0.15, -0.1) is 0 Å². The van der Waals surface area contributed by atoms with Crippen LogP contribution >= 0.6 is 34.5 Å². The van der Waals surface area contributed by atoms with Crippen molar-refractivity contribution in [3.8, 4) is 5.75 Å². The van der Waals surface area contributed by atoms with Crippen LogP contribution in [0.3, 0.4) is 0 Å². The van der Waals surface area contributed by atoms with Crippen LogP contribution in [0, 0.1) is 0 Å². The molecule has 4 aromatic rings. The van der Waals surface area contributed by atoms with E-state index in [2.05, 4.69) is 11.9 Å². The normalized spacial score (nSPS) is 14.9. The molecule has 1 atom stereocenters. The Kier molecular flexibility index (Phi) is 9.08. The SMILES string of the molecule is CCCCOc1ccc(C2C(C(=O)OCc3ccccc3)=C(C)N=c3s/c(=C\c4ccc(Cl)c(Cl)c4)c(=O)n32)cc1. The highest BCUT2D eigenvalue weighted by Gasteiger charge is 2.33. The van der Waals surface area contributed by atoms with E-state index in [0.717, 1.165) is 35.3 Å². The molecular formula is C32H28Cl2N2O4S. The third-order valence-corrected chi connectivity index (χ3v) is 8.38. The third kappa shape index (κ3) is 6.48. The number of ether oxygens (including phenoxy) is 2. The summed E-state index contributed by atoms with van der Waals surface area (Å²) in [7, 11) is 0. The van der Waals surface area contributed by atoms with Gasteiger partial charge in [0.15, 0.2) is 4.80 Å². The molecule has 0 saturated carbocycles. The lowest BCUT2D eigenvalue weighted by Gasteiger charge is -2.25. The second-order valence-corrected chi connectivity index (χ2v) is 11.4. The zero-order valence-electron chi connectivity index (χ0n) is 22.6. The number of allylic oxidation sites excluding steroid dienone is 1. The van der Waals surface area contributed by atoms with Crippen molar-refractivity contribution in [1.29, 1.82) is 0 Å². The van der Waals surface area contributed by atoms with Crippen LogP contribution in [0.15, 0.2) is 93.9 Å². The minimum absolute atomic E-state index is 0.106. The van der Waals surface area contributed by atoms with Crippen molar-refractivity contribution in [2.45, 2.75) is 39.3 Å². The minimum atomic E-state index is -0.727. The number of hydrogen-bond acceptors (Lipinski definition) is 6. The maximum Gasteiger partial charge on any atom is 0.338 e. The van der Waals surface area contributed by atoms with Crippen molar-refractivity contribution in [2.75, 3.05) is 6.61 Å². The first-order valence-electron chi connectivity index (χ1n) is 13.3. The summed E-state index contributed by atoms with van der Waals surface area (Å²) in [6.45, 7) is 4.60. The van der Waals surface area contributed by atoms with Gasteiger partial charge in [-0.2, -0.15) is 0 Å². The maximum absolute atomic E-state index is 13.9. The van der Waals surface area contributed by atoms with Crippen molar-refractivity contribution in [3.63, 3.8) is 0 Å². The Morgan fingerprint density at radius 3 is 2.51 bits per heavy atom. The first-order chi connectivity index (χ1) is 19.9. The number of hydrogen-bond donors (Lipinski definition) is 0. The zero-order valence-corrected chi connectivity index (χ0v) is 24.9. The molecule has 1 aromatic heterocycles. The number of carbonyl (C=O) groups excluding carboxylic acids is 1. The monoisotopic (exact) mass is 606 g/mol. The summed E-state index contributed by atoms with van der Waals surface area (Å²) in [5, 5.41) is 0.827. The van der Waals surface area contributed by atoms with Gasteiger partial charge in [0.2, 0.25) is 0 Å². The topological polar surface area (TPSA) is 69.9 Å². The summed E-state index contributed by atoms with van der Waals surface area (Å²) >= 11 is 13.5. The number of halogens is 2. The number of unbranched alkanes of at least 4 members (excludes halogenated alkanes) is 1.